The molecular formula is C26H31N5O3. The molecule has 1 saturated carbocycles. The minimum atomic E-state index is -0.162. The lowest BCUT2D eigenvalue weighted by atomic mass is 9.98. The monoisotopic (exact) mass is 461 g/mol. The van der Waals surface area contributed by atoms with Gasteiger partial charge in [0.2, 0.25) is 5.91 Å². The number of carbonyl (C=O) groups is 1. The SMILES string of the molecule is C=C(CO)c1cc(-c2cc(C#N)c(N3CCN(C(=O)CCOC)[C@H](C)C3)nc2C2CC2)ccn1. The molecule has 2 aliphatic rings. The summed E-state index contributed by atoms with van der Waals surface area (Å²) in [5, 5.41) is 19.4. The van der Waals surface area contributed by atoms with Crippen LogP contribution < -0.4 is 4.90 Å². The third-order valence-corrected chi connectivity index (χ3v) is 6.51. The van der Waals surface area contributed by atoms with Crippen molar-refractivity contribution in [3.05, 3.63) is 47.9 Å². The van der Waals surface area contributed by atoms with E-state index >= 15 is 0 Å². The normalized spacial score (nSPS) is 18.0. The highest BCUT2D eigenvalue weighted by molar-refractivity contribution is 5.78. The Morgan fingerprint density at radius 3 is 2.79 bits per heavy atom. The summed E-state index contributed by atoms with van der Waals surface area (Å²) in [7, 11) is 1.60. The number of anilines is 1. The molecule has 8 heteroatoms. The summed E-state index contributed by atoms with van der Waals surface area (Å²) in [6.45, 7) is 8.01. The maximum Gasteiger partial charge on any atom is 0.225 e. The number of carbonyl (C=O) groups excluding carboxylic acids is 1. The molecule has 1 aliphatic carbocycles. The summed E-state index contributed by atoms with van der Waals surface area (Å²) < 4.78 is 5.05. The molecule has 1 atom stereocenters. The Bertz CT molecular complexity index is 1120. The average molecular weight is 462 g/mol. The number of hydrogen-bond acceptors (Lipinski definition) is 7. The third kappa shape index (κ3) is 4.96. The fourth-order valence-corrected chi connectivity index (χ4v) is 4.47. The van der Waals surface area contributed by atoms with Gasteiger partial charge in [-0.25, -0.2) is 4.98 Å². The number of nitriles is 1. The molecule has 3 heterocycles. The first kappa shape index (κ1) is 23.9. The highest BCUT2D eigenvalue weighted by atomic mass is 16.5. The molecule has 2 fully saturated rings. The van der Waals surface area contributed by atoms with E-state index in [9.17, 15) is 15.2 Å². The largest absolute Gasteiger partial charge is 0.392 e. The van der Waals surface area contributed by atoms with E-state index in [-0.39, 0.29) is 18.6 Å². The Balaban J connectivity index is 1.65. The van der Waals surface area contributed by atoms with Crippen molar-refractivity contribution in [2.24, 2.45) is 0 Å². The summed E-state index contributed by atoms with van der Waals surface area (Å²) in [5.41, 5.74) is 4.54. The number of pyridine rings is 2. The predicted octanol–water partition coefficient (Wildman–Crippen LogP) is 2.97. The number of amides is 1. The van der Waals surface area contributed by atoms with Crippen LogP contribution in [0.5, 0.6) is 0 Å². The molecule has 2 aromatic rings. The standard InChI is InChI=1S/C26H31N5O3/c1-17(16-32)23-13-20(6-8-28-23)22-12-21(14-27)26(29-25(22)19-4-5-19)30-9-10-31(18(2)15-30)24(33)7-11-34-3/h6,8,12-13,18-19,32H,1,4-5,7,9-11,15-16H2,2-3H3/t18-/m1/s1. The number of rotatable bonds is 8. The number of aliphatic hydroxyl groups is 1. The first-order valence-corrected chi connectivity index (χ1v) is 11.7. The van der Waals surface area contributed by atoms with E-state index in [1.54, 1.807) is 13.3 Å². The van der Waals surface area contributed by atoms with Crippen LogP contribution in [0.2, 0.25) is 0 Å². The van der Waals surface area contributed by atoms with Crippen LogP contribution in [0.1, 0.15) is 49.1 Å². The summed E-state index contributed by atoms with van der Waals surface area (Å²) in [6, 6.07) is 8.09. The Kier molecular flexibility index (Phi) is 7.25. The van der Waals surface area contributed by atoms with Gasteiger partial charge in [0, 0.05) is 50.5 Å². The number of ether oxygens (including phenoxy) is 1. The van der Waals surface area contributed by atoms with Gasteiger partial charge in [0.1, 0.15) is 11.9 Å². The molecule has 0 unspecified atom stereocenters. The Hall–Kier alpha value is -3.28. The van der Waals surface area contributed by atoms with E-state index in [0.717, 1.165) is 29.7 Å². The van der Waals surface area contributed by atoms with Gasteiger partial charge in [0.05, 0.1) is 36.6 Å². The molecule has 34 heavy (non-hydrogen) atoms. The lowest BCUT2D eigenvalue weighted by Crippen LogP contribution is -2.54. The van der Waals surface area contributed by atoms with Crippen LogP contribution in [0.3, 0.4) is 0 Å². The second kappa shape index (κ2) is 10.3. The summed E-state index contributed by atoms with van der Waals surface area (Å²) in [4.78, 5) is 25.9. The van der Waals surface area contributed by atoms with Crippen LogP contribution in [0, 0.1) is 11.3 Å². The molecule has 1 N–H and O–H groups in total. The van der Waals surface area contributed by atoms with E-state index in [1.807, 2.05) is 30.0 Å². The van der Waals surface area contributed by atoms with Gasteiger partial charge in [0.25, 0.3) is 0 Å². The fraction of sp³-hybridized carbons (Fsp3) is 0.462. The van der Waals surface area contributed by atoms with Crippen molar-refractivity contribution in [1.82, 2.24) is 14.9 Å². The molecule has 1 aliphatic heterocycles. The molecule has 0 aromatic carbocycles. The van der Waals surface area contributed by atoms with E-state index < -0.39 is 0 Å². The van der Waals surface area contributed by atoms with Crippen molar-refractivity contribution in [3.8, 4) is 17.2 Å². The quantitative estimate of drug-likeness (QED) is 0.645. The molecule has 2 aromatic heterocycles. The van der Waals surface area contributed by atoms with Gasteiger partial charge < -0.3 is 19.6 Å². The van der Waals surface area contributed by atoms with Crippen LogP contribution in [-0.4, -0.2) is 71.9 Å². The van der Waals surface area contributed by atoms with Crippen molar-refractivity contribution < 1.29 is 14.6 Å². The molecule has 4 rings (SSSR count). The molecule has 1 amide bonds. The van der Waals surface area contributed by atoms with E-state index in [2.05, 4.69) is 22.5 Å². The van der Waals surface area contributed by atoms with Crippen LogP contribution >= 0.6 is 0 Å². The zero-order valence-electron chi connectivity index (χ0n) is 19.8. The lowest BCUT2D eigenvalue weighted by molar-refractivity contribution is -0.134. The van der Waals surface area contributed by atoms with Gasteiger partial charge in [-0.15, -0.1) is 0 Å². The smallest absolute Gasteiger partial charge is 0.225 e. The molecule has 1 saturated heterocycles. The van der Waals surface area contributed by atoms with Gasteiger partial charge in [-0.1, -0.05) is 6.58 Å². The summed E-state index contributed by atoms with van der Waals surface area (Å²) in [5.74, 6) is 1.15. The first-order chi connectivity index (χ1) is 16.5. The maximum absolute atomic E-state index is 12.5. The summed E-state index contributed by atoms with van der Waals surface area (Å²) >= 11 is 0. The predicted molar refractivity (Wildman–Crippen MR) is 130 cm³/mol. The van der Waals surface area contributed by atoms with Crippen molar-refractivity contribution in [2.75, 3.05) is 44.9 Å². The number of piperazine rings is 1. The van der Waals surface area contributed by atoms with E-state index in [4.69, 9.17) is 9.72 Å². The minimum Gasteiger partial charge on any atom is -0.392 e. The maximum atomic E-state index is 12.5. The van der Waals surface area contributed by atoms with Gasteiger partial charge in [-0.2, -0.15) is 5.26 Å². The minimum absolute atomic E-state index is 0.0164. The third-order valence-electron chi connectivity index (χ3n) is 6.51. The molecule has 0 bridgehead atoms. The number of methoxy groups -OCH3 is 1. The highest BCUT2D eigenvalue weighted by Gasteiger charge is 2.33. The number of aliphatic hydroxyl groups excluding tert-OH is 1. The lowest BCUT2D eigenvalue weighted by Gasteiger charge is -2.41. The summed E-state index contributed by atoms with van der Waals surface area (Å²) in [6.07, 6.45) is 4.22. The highest BCUT2D eigenvalue weighted by Crippen LogP contribution is 2.45. The zero-order chi connectivity index (χ0) is 24.2. The first-order valence-electron chi connectivity index (χ1n) is 11.7. The molecule has 0 radical (unpaired) electrons. The van der Waals surface area contributed by atoms with Crippen molar-refractivity contribution in [1.29, 1.82) is 5.26 Å². The topological polar surface area (TPSA) is 103 Å². The molecule has 8 nitrogen and oxygen atoms in total. The fourth-order valence-electron chi connectivity index (χ4n) is 4.47. The van der Waals surface area contributed by atoms with Gasteiger partial charge in [-0.05, 0) is 49.1 Å². The second-order valence-corrected chi connectivity index (χ2v) is 8.99. The van der Waals surface area contributed by atoms with Crippen LogP contribution in [0.25, 0.3) is 16.7 Å². The number of aromatic nitrogens is 2. The second-order valence-electron chi connectivity index (χ2n) is 8.99. The Labute approximate surface area is 200 Å². The van der Waals surface area contributed by atoms with Gasteiger partial charge in [0.15, 0.2) is 0 Å². The molecule has 0 spiro atoms. The zero-order valence-corrected chi connectivity index (χ0v) is 19.8. The van der Waals surface area contributed by atoms with Crippen molar-refractivity contribution in [3.63, 3.8) is 0 Å². The van der Waals surface area contributed by atoms with E-state index in [0.29, 0.717) is 61.2 Å². The Morgan fingerprint density at radius 1 is 1.35 bits per heavy atom. The van der Waals surface area contributed by atoms with Crippen molar-refractivity contribution >= 4 is 17.3 Å². The number of hydrogen-bond donors (Lipinski definition) is 1. The molecular weight excluding hydrogens is 430 g/mol. The van der Waals surface area contributed by atoms with Crippen LogP contribution in [-0.2, 0) is 9.53 Å². The van der Waals surface area contributed by atoms with Crippen LogP contribution in [0.15, 0.2) is 31.0 Å². The van der Waals surface area contributed by atoms with Gasteiger partial charge >= 0.3 is 0 Å². The van der Waals surface area contributed by atoms with Crippen LogP contribution in [0.4, 0.5) is 5.82 Å². The van der Waals surface area contributed by atoms with Gasteiger partial charge in [-0.3, -0.25) is 9.78 Å². The van der Waals surface area contributed by atoms with Crippen molar-refractivity contribution in [2.45, 2.75) is 38.1 Å². The molecule has 178 valence electrons. The van der Waals surface area contributed by atoms with E-state index in [1.165, 1.54) is 0 Å². The Morgan fingerprint density at radius 2 is 2.15 bits per heavy atom. The average Bonchev–Trinajstić information content (AvgIpc) is 3.71. The number of nitrogens with zero attached hydrogens (tertiary/aromatic N) is 5.